The third kappa shape index (κ3) is 6.99. The number of rotatable bonds is 11. The van der Waals surface area contributed by atoms with E-state index in [1.807, 2.05) is 24.3 Å². The zero-order valence-electron chi connectivity index (χ0n) is 15.4. The lowest BCUT2D eigenvalue weighted by molar-refractivity contribution is 0.102. The van der Waals surface area contributed by atoms with Gasteiger partial charge in [0.2, 0.25) is 0 Å². The molecule has 2 aromatic rings. The lowest BCUT2D eigenvalue weighted by Gasteiger charge is -2.34. The molecule has 25 heavy (non-hydrogen) atoms. The molecule has 0 radical (unpaired) electrons. The average Bonchev–Trinajstić information content (AvgIpc) is 2.62. The van der Waals surface area contributed by atoms with Crippen molar-refractivity contribution in [2.24, 2.45) is 17.4 Å². The number of benzene rings is 2. The van der Waals surface area contributed by atoms with Crippen LogP contribution in [0.5, 0.6) is 0 Å². The zero-order valence-corrected chi connectivity index (χ0v) is 15.4. The molecule has 3 nitrogen and oxygen atoms in total. The highest BCUT2D eigenvalue weighted by molar-refractivity contribution is 5.20. The molecule has 3 heteroatoms. The summed E-state index contributed by atoms with van der Waals surface area (Å²) < 4.78 is 5.78. The van der Waals surface area contributed by atoms with Gasteiger partial charge in [-0.2, -0.15) is 0 Å². The van der Waals surface area contributed by atoms with Gasteiger partial charge >= 0.3 is 0 Å². The van der Waals surface area contributed by atoms with E-state index < -0.39 is 5.66 Å². The molecule has 136 valence electrons. The van der Waals surface area contributed by atoms with Crippen LogP contribution in [0.15, 0.2) is 60.7 Å². The maximum absolute atomic E-state index is 6.60. The highest BCUT2D eigenvalue weighted by Gasteiger charge is 2.31. The summed E-state index contributed by atoms with van der Waals surface area (Å²) in [6.07, 6.45) is 4.67. The van der Waals surface area contributed by atoms with Crippen LogP contribution in [0.2, 0.25) is 0 Å². The van der Waals surface area contributed by atoms with Crippen molar-refractivity contribution in [3.05, 3.63) is 71.8 Å². The van der Waals surface area contributed by atoms with E-state index in [9.17, 15) is 0 Å². The van der Waals surface area contributed by atoms with E-state index in [0.717, 1.165) is 32.3 Å². The molecule has 0 aliphatic carbocycles. The smallest absolute Gasteiger partial charge is 0.0710 e. The lowest BCUT2D eigenvalue weighted by Crippen LogP contribution is -2.58. The highest BCUT2D eigenvalue weighted by atomic mass is 16.5. The maximum Gasteiger partial charge on any atom is 0.0710 e. The van der Waals surface area contributed by atoms with Crippen LogP contribution in [-0.4, -0.2) is 18.9 Å². The van der Waals surface area contributed by atoms with Gasteiger partial charge in [0.05, 0.1) is 5.66 Å². The van der Waals surface area contributed by atoms with Crippen LogP contribution in [0.25, 0.3) is 0 Å². The van der Waals surface area contributed by atoms with Crippen molar-refractivity contribution in [1.29, 1.82) is 0 Å². The van der Waals surface area contributed by atoms with Crippen molar-refractivity contribution in [3.8, 4) is 0 Å². The first-order valence-electron chi connectivity index (χ1n) is 9.35. The van der Waals surface area contributed by atoms with Crippen LogP contribution >= 0.6 is 0 Å². The first-order valence-corrected chi connectivity index (χ1v) is 9.35. The molecule has 2 rings (SSSR count). The van der Waals surface area contributed by atoms with Crippen LogP contribution in [0.4, 0.5) is 0 Å². The van der Waals surface area contributed by atoms with Gasteiger partial charge in [-0.1, -0.05) is 74.0 Å². The molecule has 0 bridgehead atoms. The summed E-state index contributed by atoms with van der Waals surface area (Å²) in [6, 6.07) is 20.7. The van der Waals surface area contributed by atoms with E-state index in [-0.39, 0.29) is 5.92 Å². The monoisotopic (exact) mass is 340 g/mol. The molecule has 4 N–H and O–H groups in total. The van der Waals surface area contributed by atoms with Crippen LogP contribution < -0.4 is 11.5 Å². The number of nitrogens with two attached hydrogens (primary N) is 2. The average molecular weight is 341 g/mol. The van der Waals surface area contributed by atoms with Gasteiger partial charge in [-0.25, -0.2) is 0 Å². The normalized spacial score (nSPS) is 12.9. The number of hydrogen-bond donors (Lipinski definition) is 2. The quantitative estimate of drug-likeness (QED) is 0.481. The standard InChI is InChI=1S/C22H32N2O/c1-2-3-15-25-16-14-21(17-19-10-6-4-7-11-19)22(23,24)18-20-12-8-5-9-13-20/h4-13,21H,2-3,14-18,23-24H2,1H3. The van der Waals surface area contributed by atoms with Gasteiger partial charge < -0.3 is 16.2 Å². The van der Waals surface area contributed by atoms with E-state index >= 15 is 0 Å². The summed E-state index contributed by atoms with van der Waals surface area (Å²) in [6.45, 7) is 3.70. The molecule has 0 saturated carbocycles. The minimum atomic E-state index is -0.759. The fraction of sp³-hybridized carbons (Fsp3) is 0.455. The fourth-order valence-electron chi connectivity index (χ4n) is 3.13. The van der Waals surface area contributed by atoms with Gasteiger partial charge in [0.25, 0.3) is 0 Å². The molecular formula is C22H32N2O. The molecule has 0 spiro atoms. The Hall–Kier alpha value is -1.68. The van der Waals surface area contributed by atoms with Crippen molar-refractivity contribution in [2.45, 2.75) is 44.7 Å². The lowest BCUT2D eigenvalue weighted by atomic mass is 9.81. The van der Waals surface area contributed by atoms with Crippen molar-refractivity contribution >= 4 is 0 Å². The molecule has 0 aliphatic heterocycles. The predicted molar refractivity (Wildman–Crippen MR) is 105 cm³/mol. The first-order chi connectivity index (χ1) is 12.1. The summed E-state index contributed by atoms with van der Waals surface area (Å²) in [4.78, 5) is 0. The Morgan fingerprint density at radius 3 is 2.08 bits per heavy atom. The largest absolute Gasteiger partial charge is 0.381 e. The topological polar surface area (TPSA) is 61.3 Å². The van der Waals surface area contributed by atoms with Crippen LogP contribution in [0.1, 0.15) is 37.3 Å². The summed E-state index contributed by atoms with van der Waals surface area (Å²) >= 11 is 0. The predicted octanol–water partition coefficient (Wildman–Crippen LogP) is 3.91. The molecule has 0 saturated heterocycles. The molecule has 0 aliphatic rings. The molecule has 1 atom stereocenters. The van der Waals surface area contributed by atoms with Gasteiger partial charge in [-0.15, -0.1) is 0 Å². The molecular weight excluding hydrogens is 308 g/mol. The maximum atomic E-state index is 6.60. The third-order valence-electron chi connectivity index (χ3n) is 4.69. The minimum Gasteiger partial charge on any atom is -0.381 e. The third-order valence-corrected chi connectivity index (χ3v) is 4.69. The Labute approximate surface area is 152 Å². The molecule has 2 aromatic carbocycles. The number of unbranched alkanes of at least 4 members (excludes halogenated alkanes) is 1. The van der Waals surface area contributed by atoms with Gasteiger partial charge in [-0.3, -0.25) is 0 Å². The molecule has 0 fully saturated rings. The van der Waals surface area contributed by atoms with E-state index in [1.54, 1.807) is 0 Å². The van der Waals surface area contributed by atoms with Crippen molar-refractivity contribution < 1.29 is 4.74 Å². The van der Waals surface area contributed by atoms with Gasteiger partial charge in [-0.05, 0) is 36.3 Å². The Kier molecular flexibility index (Phi) is 8.13. The molecule has 0 amide bonds. The van der Waals surface area contributed by atoms with E-state index in [4.69, 9.17) is 16.2 Å². The second-order valence-electron chi connectivity index (χ2n) is 6.92. The van der Waals surface area contributed by atoms with Gasteiger partial charge in [0, 0.05) is 19.6 Å². The number of hydrogen-bond acceptors (Lipinski definition) is 3. The van der Waals surface area contributed by atoms with Crippen LogP contribution in [0, 0.1) is 5.92 Å². The van der Waals surface area contributed by atoms with Gasteiger partial charge in [0.15, 0.2) is 0 Å². The molecule has 0 aromatic heterocycles. The second-order valence-corrected chi connectivity index (χ2v) is 6.92. The summed E-state index contributed by atoms with van der Waals surface area (Å²) in [5, 5.41) is 0. The highest BCUT2D eigenvalue weighted by Crippen LogP contribution is 2.23. The van der Waals surface area contributed by atoms with Gasteiger partial charge in [0.1, 0.15) is 0 Å². The van der Waals surface area contributed by atoms with Crippen molar-refractivity contribution in [1.82, 2.24) is 0 Å². The second kappa shape index (κ2) is 10.3. The summed E-state index contributed by atoms with van der Waals surface area (Å²) in [7, 11) is 0. The Balaban J connectivity index is 2.03. The minimum absolute atomic E-state index is 0.164. The van der Waals surface area contributed by atoms with Crippen molar-refractivity contribution in [3.63, 3.8) is 0 Å². The van der Waals surface area contributed by atoms with Crippen LogP contribution in [-0.2, 0) is 17.6 Å². The Morgan fingerprint density at radius 2 is 1.48 bits per heavy atom. The Bertz CT molecular complexity index is 583. The number of ether oxygens (including phenoxy) is 1. The molecule has 0 heterocycles. The Morgan fingerprint density at radius 1 is 0.880 bits per heavy atom. The summed E-state index contributed by atoms with van der Waals surface area (Å²) in [5.74, 6) is 0.164. The van der Waals surface area contributed by atoms with Crippen LogP contribution in [0.3, 0.4) is 0 Å². The van der Waals surface area contributed by atoms with Crippen molar-refractivity contribution in [2.75, 3.05) is 13.2 Å². The first kappa shape index (κ1) is 19.6. The molecule has 1 unspecified atom stereocenters. The van der Waals surface area contributed by atoms with E-state index in [0.29, 0.717) is 13.0 Å². The van der Waals surface area contributed by atoms with E-state index in [1.165, 1.54) is 11.1 Å². The SMILES string of the molecule is CCCCOCCC(Cc1ccccc1)C(N)(N)Cc1ccccc1. The fourth-order valence-corrected chi connectivity index (χ4v) is 3.13. The summed E-state index contributed by atoms with van der Waals surface area (Å²) in [5.41, 5.74) is 14.9. The zero-order chi connectivity index (χ0) is 18.0. The van der Waals surface area contributed by atoms with E-state index in [2.05, 4.69) is 43.3 Å².